The van der Waals surface area contributed by atoms with Crippen LogP contribution in [0.25, 0.3) is 0 Å². The van der Waals surface area contributed by atoms with Gasteiger partial charge < -0.3 is 9.47 Å². The van der Waals surface area contributed by atoms with Crippen LogP contribution in [-0.2, 0) is 4.74 Å². The normalized spacial score (nSPS) is 9.79. The van der Waals surface area contributed by atoms with E-state index in [0.717, 1.165) is 10.2 Å². The van der Waals surface area contributed by atoms with Gasteiger partial charge in [-0.3, -0.25) is 0 Å². The van der Waals surface area contributed by atoms with Crippen LogP contribution in [0.2, 0.25) is 0 Å². The average Bonchev–Trinajstić information content (AvgIpc) is 2.21. The SMILES string of the molecule is C=CCOCCOc1ccc(Br)cc1. The summed E-state index contributed by atoms with van der Waals surface area (Å²) in [5, 5.41) is 0. The molecule has 0 spiro atoms. The predicted molar refractivity (Wildman–Crippen MR) is 60.7 cm³/mol. The molecule has 0 saturated heterocycles. The summed E-state index contributed by atoms with van der Waals surface area (Å²) < 4.78 is 11.7. The maximum atomic E-state index is 5.43. The van der Waals surface area contributed by atoms with Crippen molar-refractivity contribution in [2.24, 2.45) is 0 Å². The van der Waals surface area contributed by atoms with Crippen molar-refractivity contribution in [3.05, 3.63) is 41.4 Å². The van der Waals surface area contributed by atoms with E-state index in [4.69, 9.17) is 9.47 Å². The van der Waals surface area contributed by atoms with Crippen LogP contribution in [0.4, 0.5) is 0 Å². The lowest BCUT2D eigenvalue weighted by Crippen LogP contribution is -2.06. The van der Waals surface area contributed by atoms with E-state index >= 15 is 0 Å². The van der Waals surface area contributed by atoms with Crippen LogP contribution in [0.1, 0.15) is 0 Å². The zero-order chi connectivity index (χ0) is 10.2. The molecule has 1 rings (SSSR count). The molecular formula is C11H13BrO2. The van der Waals surface area contributed by atoms with Crippen LogP contribution >= 0.6 is 15.9 Å². The van der Waals surface area contributed by atoms with E-state index < -0.39 is 0 Å². The van der Waals surface area contributed by atoms with Gasteiger partial charge >= 0.3 is 0 Å². The van der Waals surface area contributed by atoms with E-state index in [2.05, 4.69) is 22.5 Å². The molecule has 0 bridgehead atoms. The molecule has 14 heavy (non-hydrogen) atoms. The lowest BCUT2D eigenvalue weighted by molar-refractivity contribution is 0.121. The number of rotatable bonds is 6. The highest BCUT2D eigenvalue weighted by atomic mass is 79.9. The third-order valence-corrected chi connectivity index (χ3v) is 2.07. The molecule has 0 amide bonds. The highest BCUT2D eigenvalue weighted by molar-refractivity contribution is 9.10. The fraction of sp³-hybridized carbons (Fsp3) is 0.273. The van der Waals surface area contributed by atoms with Gasteiger partial charge in [0.2, 0.25) is 0 Å². The first-order valence-electron chi connectivity index (χ1n) is 4.40. The van der Waals surface area contributed by atoms with Crippen LogP contribution in [-0.4, -0.2) is 19.8 Å². The second-order valence-corrected chi connectivity index (χ2v) is 3.58. The Morgan fingerprint density at radius 2 is 1.93 bits per heavy atom. The molecule has 0 heterocycles. The molecule has 0 fully saturated rings. The molecule has 3 heteroatoms. The molecule has 0 unspecified atom stereocenters. The smallest absolute Gasteiger partial charge is 0.119 e. The minimum atomic E-state index is 0.565. The van der Waals surface area contributed by atoms with E-state index in [-0.39, 0.29) is 0 Å². The first kappa shape index (κ1) is 11.3. The van der Waals surface area contributed by atoms with E-state index in [1.54, 1.807) is 6.08 Å². The number of halogens is 1. The van der Waals surface area contributed by atoms with E-state index in [1.165, 1.54) is 0 Å². The summed E-state index contributed by atoms with van der Waals surface area (Å²) in [4.78, 5) is 0. The van der Waals surface area contributed by atoms with Crippen molar-refractivity contribution >= 4 is 15.9 Å². The van der Waals surface area contributed by atoms with Gasteiger partial charge in [-0.1, -0.05) is 22.0 Å². The topological polar surface area (TPSA) is 18.5 Å². The Hall–Kier alpha value is -0.800. The molecule has 0 N–H and O–H groups in total. The number of ether oxygens (including phenoxy) is 2. The van der Waals surface area contributed by atoms with Crippen molar-refractivity contribution in [1.29, 1.82) is 0 Å². The van der Waals surface area contributed by atoms with Crippen molar-refractivity contribution in [1.82, 2.24) is 0 Å². The van der Waals surface area contributed by atoms with Crippen molar-refractivity contribution in [3.8, 4) is 5.75 Å². The Morgan fingerprint density at radius 1 is 1.21 bits per heavy atom. The van der Waals surface area contributed by atoms with Gasteiger partial charge in [-0.2, -0.15) is 0 Å². The molecule has 1 aromatic rings. The summed E-state index contributed by atoms with van der Waals surface area (Å²) in [6.07, 6.45) is 1.72. The molecule has 1 aromatic carbocycles. The van der Waals surface area contributed by atoms with Crippen LogP contribution < -0.4 is 4.74 Å². The molecule has 0 aliphatic heterocycles. The van der Waals surface area contributed by atoms with E-state index in [0.29, 0.717) is 19.8 Å². The first-order valence-corrected chi connectivity index (χ1v) is 5.19. The van der Waals surface area contributed by atoms with Crippen molar-refractivity contribution in [2.45, 2.75) is 0 Å². The predicted octanol–water partition coefficient (Wildman–Crippen LogP) is 3.03. The molecule has 0 radical (unpaired) electrons. The third kappa shape index (κ3) is 4.44. The zero-order valence-electron chi connectivity index (χ0n) is 7.91. The lowest BCUT2D eigenvalue weighted by Gasteiger charge is -2.05. The Morgan fingerprint density at radius 3 is 2.57 bits per heavy atom. The highest BCUT2D eigenvalue weighted by Crippen LogP contribution is 2.15. The first-order chi connectivity index (χ1) is 6.83. The van der Waals surface area contributed by atoms with Crippen LogP contribution in [0.3, 0.4) is 0 Å². The van der Waals surface area contributed by atoms with Gasteiger partial charge in [0.1, 0.15) is 12.4 Å². The van der Waals surface area contributed by atoms with Crippen LogP contribution in [0, 0.1) is 0 Å². The summed E-state index contributed by atoms with van der Waals surface area (Å²) >= 11 is 3.36. The van der Waals surface area contributed by atoms with Crippen molar-refractivity contribution in [3.63, 3.8) is 0 Å². The molecule has 0 atom stereocenters. The quantitative estimate of drug-likeness (QED) is 0.576. The van der Waals surface area contributed by atoms with Gasteiger partial charge in [0, 0.05) is 4.47 Å². The van der Waals surface area contributed by atoms with E-state index in [1.807, 2.05) is 24.3 Å². The number of benzene rings is 1. The van der Waals surface area contributed by atoms with Gasteiger partial charge in [0.15, 0.2) is 0 Å². The molecule has 0 aromatic heterocycles. The zero-order valence-corrected chi connectivity index (χ0v) is 9.50. The fourth-order valence-electron chi connectivity index (χ4n) is 0.916. The average molecular weight is 257 g/mol. The summed E-state index contributed by atoms with van der Waals surface area (Å²) in [5.74, 6) is 0.857. The summed E-state index contributed by atoms with van der Waals surface area (Å²) in [7, 11) is 0. The molecule has 76 valence electrons. The second kappa shape index (κ2) is 6.62. The molecule has 2 nitrogen and oxygen atoms in total. The van der Waals surface area contributed by atoms with Gasteiger partial charge in [0.05, 0.1) is 13.2 Å². The van der Waals surface area contributed by atoms with Gasteiger partial charge in [0.25, 0.3) is 0 Å². The summed E-state index contributed by atoms with van der Waals surface area (Å²) in [5.41, 5.74) is 0. The van der Waals surface area contributed by atoms with Crippen LogP contribution in [0.15, 0.2) is 41.4 Å². The Balaban J connectivity index is 2.18. The second-order valence-electron chi connectivity index (χ2n) is 2.67. The number of hydrogen-bond donors (Lipinski definition) is 0. The minimum absolute atomic E-state index is 0.565. The maximum Gasteiger partial charge on any atom is 0.119 e. The molecule has 0 aliphatic rings. The van der Waals surface area contributed by atoms with Crippen molar-refractivity contribution in [2.75, 3.05) is 19.8 Å². The molecular weight excluding hydrogens is 244 g/mol. The Labute approximate surface area is 92.7 Å². The standard InChI is InChI=1S/C11H13BrO2/c1-2-7-13-8-9-14-11-5-3-10(12)4-6-11/h2-6H,1,7-9H2. The Kier molecular flexibility index (Phi) is 5.33. The van der Waals surface area contributed by atoms with Gasteiger partial charge in [-0.05, 0) is 24.3 Å². The van der Waals surface area contributed by atoms with Crippen LogP contribution in [0.5, 0.6) is 5.75 Å². The van der Waals surface area contributed by atoms with Gasteiger partial charge in [-0.25, -0.2) is 0 Å². The summed E-state index contributed by atoms with van der Waals surface area (Å²) in [6.45, 7) is 5.28. The van der Waals surface area contributed by atoms with Gasteiger partial charge in [-0.15, -0.1) is 6.58 Å². The van der Waals surface area contributed by atoms with Crippen molar-refractivity contribution < 1.29 is 9.47 Å². The molecule has 0 saturated carbocycles. The fourth-order valence-corrected chi connectivity index (χ4v) is 1.18. The largest absolute Gasteiger partial charge is 0.491 e. The number of hydrogen-bond acceptors (Lipinski definition) is 2. The monoisotopic (exact) mass is 256 g/mol. The minimum Gasteiger partial charge on any atom is -0.491 e. The van der Waals surface area contributed by atoms with E-state index in [9.17, 15) is 0 Å². The Bertz CT molecular complexity index is 269. The highest BCUT2D eigenvalue weighted by Gasteiger charge is 1.92. The summed E-state index contributed by atoms with van der Waals surface area (Å²) in [6, 6.07) is 7.72. The lowest BCUT2D eigenvalue weighted by atomic mass is 10.3. The molecule has 0 aliphatic carbocycles. The third-order valence-electron chi connectivity index (χ3n) is 1.55. The maximum absolute atomic E-state index is 5.43.